The van der Waals surface area contributed by atoms with Crippen LogP contribution in [0.25, 0.3) is 0 Å². The molecule has 94 valence electrons. The number of hydrogen-bond donors (Lipinski definition) is 1. The molecule has 0 aliphatic carbocycles. The molecule has 0 saturated heterocycles. The lowest BCUT2D eigenvalue weighted by Gasteiger charge is -2.25. The number of esters is 1. The Hall–Kier alpha value is -1.78. The number of hydrogen-bond acceptors (Lipinski definition) is 4. The van der Waals surface area contributed by atoms with Gasteiger partial charge in [0.05, 0.1) is 19.1 Å². The van der Waals surface area contributed by atoms with E-state index in [1.165, 1.54) is 12.5 Å². The van der Waals surface area contributed by atoms with Crippen molar-refractivity contribution >= 4 is 11.9 Å². The van der Waals surface area contributed by atoms with E-state index in [9.17, 15) is 14.7 Å². The van der Waals surface area contributed by atoms with E-state index in [0.717, 1.165) is 0 Å². The van der Waals surface area contributed by atoms with Crippen molar-refractivity contribution in [2.45, 2.75) is 26.7 Å². The summed E-state index contributed by atoms with van der Waals surface area (Å²) < 4.78 is 9.74. The second-order valence-corrected chi connectivity index (χ2v) is 3.77. The smallest absolute Gasteiger partial charge is 0.323 e. The summed E-state index contributed by atoms with van der Waals surface area (Å²) >= 11 is 0. The number of carbonyl (C=O) groups is 2. The fourth-order valence-corrected chi connectivity index (χ4v) is 1.67. The first kappa shape index (κ1) is 13.3. The van der Waals surface area contributed by atoms with Crippen LogP contribution in [0.15, 0.2) is 23.0 Å². The average molecular weight is 240 g/mol. The minimum atomic E-state index is -1.53. The minimum absolute atomic E-state index is 0.0775. The van der Waals surface area contributed by atoms with E-state index >= 15 is 0 Å². The van der Waals surface area contributed by atoms with Crippen LogP contribution in [0, 0.1) is 5.41 Å². The summed E-state index contributed by atoms with van der Waals surface area (Å²) in [5.41, 5.74) is -0.859. The van der Waals surface area contributed by atoms with Crippen molar-refractivity contribution in [1.29, 1.82) is 0 Å². The van der Waals surface area contributed by atoms with Crippen molar-refractivity contribution in [1.82, 2.24) is 0 Å². The van der Waals surface area contributed by atoms with Gasteiger partial charge in [-0.1, -0.05) is 6.92 Å². The average Bonchev–Trinajstić information content (AvgIpc) is 2.78. The number of ether oxygens (including phenoxy) is 1. The maximum atomic E-state index is 11.8. The molecule has 0 bridgehead atoms. The molecular weight excluding hydrogens is 224 g/mol. The van der Waals surface area contributed by atoms with Gasteiger partial charge >= 0.3 is 11.9 Å². The van der Waals surface area contributed by atoms with Gasteiger partial charge in [-0.25, -0.2) is 0 Å². The Morgan fingerprint density at radius 2 is 2.18 bits per heavy atom. The third kappa shape index (κ3) is 2.67. The van der Waals surface area contributed by atoms with E-state index < -0.39 is 17.4 Å². The first-order valence-electron chi connectivity index (χ1n) is 5.48. The van der Waals surface area contributed by atoms with Gasteiger partial charge in [0, 0.05) is 6.42 Å². The van der Waals surface area contributed by atoms with Gasteiger partial charge in [-0.2, -0.15) is 0 Å². The number of rotatable bonds is 6. The Balaban J connectivity index is 3.00. The second-order valence-electron chi connectivity index (χ2n) is 3.77. The summed E-state index contributed by atoms with van der Waals surface area (Å²) in [5, 5.41) is 9.29. The van der Waals surface area contributed by atoms with E-state index in [4.69, 9.17) is 9.15 Å². The molecule has 5 nitrogen and oxygen atoms in total. The Labute approximate surface area is 99.4 Å². The zero-order valence-corrected chi connectivity index (χ0v) is 9.93. The molecule has 0 aliphatic rings. The van der Waals surface area contributed by atoms with Crippen molar-refractivity contribution in [3.05, 3.63) is 24.2 Å². The van der Waals surface area contributed by atoms with Crippen molar-refractivity contribution in [3.8, 4) is 0 Å². The maximum Gasteiger partial charge on any atom is 0.323 e. The largest absolute Gasteiger partial charge is 0.480 e. The van der Waals surface area contributed by atoms with Gasteiger partial charge in [0.1, 0.15) is 0 Å². The Morgan fingerprint density at radius 1 is 1.47 bits per heavy atom. The third-order valence-electron chi connectivity index (χ3n) is 2.77. The molecule has 0 spiro atoms. The molecule has 1 aromatic heterocycles. The van der Waals surface area contributed by atoms with Gasteiger partial charge in [0.25, 0.3) is 0 Å². The Morgan fingerprint density at radius 3 is 2.59 bits per heavy atom. The molecule has 1 unspecified atom stereocenters. The summed E-state index contributed by atoms with van der Waals surface area (Å²) in [4.78, 5) is 23.2. The topological polar surface area (TPSA) is 76.7 Å². The van der Waals surface area contributed by atoms with Gasteiger partial charge in [-0.3, -0.25) is 9.59 Å². The van der Waals surface area contributed by atoms with Crippen molar-refractivity contribution in [3.63, 3.8) is 0 Å². The van der Waals surface area contributed by atoms with Gasteiger partial charge in [-0.05, 0) is 25.0 Å². The zero-order chi connectivity index (χ0) is 12.9. The molecule has 1 heterocycles. The first-order chi connectivity index (χ1) is 8.06. The molecule has 5 heteroatoms. The van der Waals surface area contributed by atoms with Crippen molar-refractivity contribution in [2.24, 2.45) is 5.41 Å². The van der Waals surface area contributed by atoms with E-state index in [-0.39, 0.29) is 19.4 Å². The maximum absolute atomic E-state index is 11.8. The summed E-state index contributed by atoms with van der Waals surface area (Å²) in [5.74, 6) is -1.86. The Kier molecular flexibility index (Phi) is 4.31. The molecule has 1 rings (SSSR count). The van der Waals surface area contributed by atoms with Crippen LogP contribution in [-0.4, -0.2) is 23.7 Å². The molecular formula is C12H16O5. The second kappa shape index (κ2) is 5.52. The molecule has 1 aromatic rings. The highest BCUT2D eigenvalue weighted by Crippen LogP contribution is 2.29. The number of carboxylic acid groups (broad SMARTS) is 1. The predicted molar refractivity (Wildman–Crippen MR) is 59.4 cm³/mol. The van der Waals surface area contributed by atoms with Crippen LogP contribution in [0.5, 0.6) is 0 Å². The van der Waals surface area contributed by atoms with E-state index in [1.807, 2.05) is 0 Å². The zero-order valence-electron chi connectivity index (χ0n) is 9.93. The molecule has 1 N–H and O–H groups in total. The lowest BCUT2D eigenvalue weighted by atomic mass is 9.80. The lowest BCUT2D eigenvalue weighted by Crippen LogP contribution is -2.42. The van der Waals surface area contributed by atoms with Crippen LogP contribution >= 0.6 is 0 Å². The fraction of sp³-hybridized carbons (Fsp3) is 0.500. The van der Waals surface area contributed by atoms with Crippen LogP contribution < -0.4 is 0 Å². The SMILES string of the molecule is CCOC(=O)C(CC)(Cc1ccoc1)C(=O)O. The van der Waals surface area contributed by atoms with E-state index in [2.05, 4.69) is 0 Å². The van der Waals surface area contributed by atoms with Crippen LogP contribution in [0.3, 0.4) is 0 Å². The van der Waals surface area contributed by atoms with Crippen LogP contribution in [0.4, 0.5) is 0 Å². The van der Waals surface area contributed by atoms with Gasteiger partial charge in [-0.15, -0.1) is 0 Å². The van der Waals surface area contributed by atoms with Gasteiger partial charge in [0.2, 0.25) is 0 Å². The van der Waals surface area contributed by atoms with Gasteiger partial charge < -0.3 is 14.3 Å². The predicted octanol–water partition coefficient (Wildman–Crippen LogP) is 1.87. The van der Waals surface area contributed by atoms with E-state index in [0.29, 0.717) is 5.56 Å². The summed E-state index contributed by atoms with van der Waals surface area (Å²) in [6.45, 7) is 3.47. The molecule has 0 aliphatic heterocycles. The van der Waals surface area contributed by atoms with Crippen molar-refractivity contribution in [2.75, 3.05) is 6.61 Å². The summed E-state index contributed by atoms with van der Waals surface area (Å²) in [6.07, 6.45) is 3.13. The minimum Gasteiger partial charge on any atom is -0.480 e. The van der Waals surface area contributed by atoms with Crippen LogP contribution in [-0.2, 0) is 20.7 Å². The molecule has 0 saturated carbocycles. The third-order valence-corrected chi connectivity index (χ3v) is 2.77. The molecule has 0 fully saturated rings. The molecule has 0 amide bonds. The number of aliphatic carboxylic acids is 1. The highest BCUT2D eigenvalue weighted by atomic mass is 16.5. The van der Waals surface area contributed by atoms with Crippen molar-refractivity contribution < 1.29 is 23.8 Å². The highest BCUT2D eigenvalue weighted by Gasteiger charge is 2.46. The standard InChI is InChI=1S/C12H16O5/c1-3-12(10(13)14,11(15)17-4-2)7-9-5-6-16-8-9/h5-6,8H,3-4,7H2,1-2H3,(H,13,14). The number of furan rings is 1. The van der Waals surface area contributed by atoms with E-state index in [1.54, 1.807) is 19.9 Å². The normalized spacial score (nSPS) is 14.0. The summed E-state index contributed by atoms with van der Waals surface area (Å²) in [7, 11) is 0. The molecule has 0 radical (unpaired) electrons. The van der Waals surface area contributed by atoms with Crippen LogP contribution in [0.2, 0.25) is 0 Å². The summed E-state index contributed by atoms with van der Waals surface area (Å²) in [6, 6.07) is 1.65. The first-order valence-corrected chi connectivity index (χ1v) is 5.48. The number of carboxylic acids is 1. The highest BCUT2D eigenvalue weighted by molar-refractivity contribution is 5.99. The fourth-order valence-electron chi connectivity index (χ4n) is 1.67. The quantitative estimate of drug-likeness (QED) is 0.606. The van der Waals surface area contributed by atoms with Gasteiger partial charge in [0.15, 0.2) is 5.41 Å². The monoisotopic (exact) mass is 240 g/mol. The van der Waals surface area contributed by atoms with Crippen LogP contribution in [0.1, 0.15) is 25.8 Å². The Bertz CT molecular complexity index is 382. The molecule has 0 aromatic carbocycles. The molecule has 17 heavy (non-hydrogen) atoms. The molecule has 1 atom stereocenters. The lowest BCUT2D eigenvalue weighted by molar-refractivity contribution is -0.168. The number of carbonyl (C=O) groups excluding carboxylic acids is 1.